The molecule has 0 radical (unpaired) electrons. The van der Waals surface area contributed by atoms with Crippen LogP contribution in [0.2, 0.25) is 0 Å². The van der Waals surface area contributed by atoms with E-state index in [1.807, 2.05) is 24.3 Å². The molecule has 0 amide bonds. The maximum atomic E-state index is 10.3. The maximum absolute atomic E-state index is 10.3. The van der Waals surface area contributed by atoms with Crippen LogP contribution in [0.3, 0.4) is 0 Å². The first-order valence-corrected chi connectivity index (χ1v) is 7.73. The third-order valence-electron chi connectivity index (χ3n) is 4.50. The Morgan fingerprint density at radius 1 is 0.913 bits per heavy atom. The maximum Gasteiger partial charge on any atom is 0.161 e. The van der Waals surface area contributed by atoms with E-state index in [0.29, 0.717) is 18.6 Å². The van der Waals surface area contributed by atoms with Crippen molar-refractivity contribution in [3.8, 4) is 17.2 Å². The van der Waals surface area contributed by atoms with E-state index < -0.39 is 0 Å². The van der Waals surface area contributed by atoms with Crippen molar-refractivity contribution in [1.29, 1.82) is 0 Å². The molecule has 0 saturated carbocycles. The summed E-state index contributed by atoms with van der Waals surface area (Å²) < 4.78 is 16.1. The summed E-state index contributed by atoms with van der Waals surface area (Å²) in [6.07, 6.45) is 0.990. The second kappa shape index (κ2) is 6.50. The zero-order chi connectivity index (χ0) is 16.4. The van der Waals surface area contributed by atoms with Crippen molar-refractivity contribution < 1.29 is 19.3 Å². The molecule has 0 aromatic heterocycles. The standard InChI is InChI=1S/C19H22O4/c1-21-15-6-4-12(5-7-15)16-10-14(20)8-13-9-18(22-2)19(23-3)11-17(13)16/h4-7,9,11,14,16,20H,8,10H2,1-3H3/t14-,16+/m1/s1. The number of fused-ring (bicyclic) bond motifs is 1. The summed E-state index contributed by atoms with van der Waals surface area (Å²) in [5.41, 5.74) is 3.47. The molecule has 4 nitrogen and oxygen atoms in total. The monoisotopic (exact) mass is 314 g/mol. The van der Waals surface area contributed by atoms with Crippen LogP contribution in [0.15, 0.2) is 36.4 Å². The molecule has 122 valence electrons. The molecule has 1 aliphatic carbocycles. The molecule has 2 atom stereocenters. The Bertz CT molecular complexity index is 679. The number of methoxy groups -OCH3 is 3. The average Bonchev–Trinajstić information content (AvgIpc) is 2.59. The summed E-state index contributed by atoms with van der Waals surface area (Å²) in [7, 11) is 4.93. The van der Waals surface area contributed by atoms with Gasteiger partial charge in [-0.2, -0.15) is 0 Å². The lowest BCUT2D eigenvalue weighted by Gasteiger charge is -2.30. The minimum atomic E-state index is -0.354. The van der Waals surface area contributed by atoms with Crippen LogP contribution in [0.5, 0.6) is 17.2 Å². The largest absolute Gasteiger partial charge is 0.497 e. The van der Waals surface area contributed by atoms with Crippen LogP contribution in [0.25, 0.3) is 0 Å². The fourth-order valence-corrected chi connectivity index (χ4v) is 3.33. The number of ether oxygens (including phenoxy) is 3. The Hall–Kier alpha value is -2.20. The van der Waals surface area contributed by atoms with Gasteiger partial charge in [0.2, 0.25) is 0 Å². The number of rotatable bonds is 4. The third-order valence-corrected chi connectivity index (χ3v) is 4.50. The number of hydrogen-bond donors (Lipinski definition) is 1. The van der Waals surface area contributed by atoms with Gasteiger partial charge in [-0.05, 0) is 53.8 Å². The zero-order valence-corrected chi connectivity index (χ0v) is 13.7. The third kappa shape index (κ3) is 2.99. The lowest BCUT2D eigenvalue weighted by molar-refractivity contribution is 0.151. The molecule has 3 rings (SSSR count). The molecule has 0 spiro atoms. The molecule has 0 aliphatic heterocycles. The van der Waals surface area contributed by atoms with Crippen LogP contribution in [0, 0.1) is 0 Å². The second-order valence-corrected chi connectivity index (χ2v) is 5.83. The summed E-state index contributed by atoms with van der Waals surface area (Å²) in [6.45, 7) is 0. The molecule has 4 heteroatoms. The van der Waals surface area contributed by atoms with Gasteiger partial charge in [0.1, 0.15) is 5.75 Å². The quantitative estimate of drug-likeness (QED) is 0.942. The molecule has 0 heterocycles. The van der Waals surface area contributed by atoms with E-state index >= 15 is 0 Å². The summed E-state index contributed by atoms with van der Waals surface area (Å²) in [5, 5.41) is 10.3. The van der Waals surface area contributed by atoms with Crippen molar-refractivity contribution in [3.63, 3.8) is 0 Å². The van der Waals surface area contributed by atoms with E-state index in [1.54, 1.807) is 21.3 Å². The van der Waals surface area contributed by atoms with Gasteiger partial charge < -0.3 is 19.3 Å². The summed E-state index contributed by atoms with van der Waals surface area (Å²) in [6, 6.07) is 12.0. The second-order valence-electron chi connectivity index (χ2n) is 5.83. The highest BCUT2D eigenvalue weighted by Gasteiger charge is 2.28. The molecule has 1 N–H and O–H groups in total. The molecule has 0 bridgehead atoms. The Kier molecular flexibility index (Phi) is 4.44. The van der Waals surface area contributed by atoms with Gasteiger partial charge >= 0.3 is 0 Å². The fraction of sp³-hybridized carbons (Fsp3) is 0.368. The van der Waals surface area contributed by atoms with Gasteiger partial charge in [0.15, 0.2) is 11.5 Å². The molecule has 2 aromatic rings. The highest BCUT2D eigenvalue weighted by molar-refractivity contribution is 5.52. The van der Waals surface area contributed by atoms with E-state index in [9.17, 15) is 5.11 Å². The number of aliphatic hydroxyl groups excluding tert-OH is 1. The molecule has 23 heavy (non-hydrogen) atoms. The molecule has 0 saturated heterocycles. The molecule has 2 aromatic carbocycles. The van der Waals surface area contributed by atoms with Crippen molar-refractivity contribution >= 4 is 0 Å². The van der Waals surface area contributed by atoms with Crippen LogP contribution in [-0.4, -0.2) is 32.5 Å². The lowest BCUT2D eigenvalue weighted by atomic mass is 9.77. The van der Waals surface area contributed by atoms with Crippen molar-refractivity contribution in [2.75, 3.05) is 21.3 Å². The van der Waals surface area contributed by atoms with E-state index in [-0.39, 0.29) is 12.0 Å². The average molecular weight is 314 g/mol. The fourth-order valence-electron chi connectivity index (χ4n) is 3.33. The molecule has 1 aliphatic rings. The Morgan fingerprint density at radius 2 is 1.57 bits per heavy atom. The minimum absolute atomic E-state index is 0.138. The van der Waals surface area contributed by atoms with Gasteiger partial charge in [0, 0.05) is 5.92 Å². The van der Waals surface area contributed by atoms with Crippen molar-refractivity contribution in [3.05, 3.63) is 53.1 Å². The Morgan fingerprint density at radius 3 is 2.17 bits per heavy atom. The first-order valence-electron chi connectivity index (χ1n) is 7.73. The smallest absolute Gasteiger partial charge is 0.161 e. The topological polar surface area (TPSA) is 47.9 Å². The van der Waals surface area contributed by atoms with Crippen molar-refractivity contribution in [2.24, 2.45) is 0 Å². The van der Waals surface area contributed by atoms with Crippen LogP contribution in [0.1, 0.15) is 29.0 Å². The predicted molar refractivity (Wildman–Crippen MR) is 88.7 cm³/mol. The van der Waals surface area contributed by atoms with Gasteiger partial charge in [0.25, 0.3) is 0 Å². The highest BCUT2D eigenvalue weighted by Crippen LogP contribution is 2.42. The number of aliphatic hydroxyl groups is 1. The Labute approximate surface area is 136 Å². The molecular weight excluding hydrogens is 292 g/mol. The molecule has 0 unspecified atom stereocenters. The summed E-state index contributed by atoms with van der Waals surface area (Å²) in [5.74, 6) is 2.40. The van der Waals surface area contributed by atoms with Gasteiger partial charge in [-0.1, -0.05) is 12.1 Å². The van der Waals surface area contributed by atoms with Crippen LogP contribution >= 0.6 is 0 Å². The van der Waals surface area contributed by atoms with Crippen molar-refractivity contribution in [1.82, 2.24) is 0 Å². The SMILES string of the molecule is COc1ccc([C@@H]2C[C@H](O)Cc3cc(OC)c(OC)cc32)cc1. The lowest BCUT2D eigenvalue weighted by Crippen LogP contribution is -2.23. The van der Waals surface area contributed by atoms with Crippen LogP contribution in [0.4, 0.5) is 0 Å². The highest BCUT2D eigenvalue weighted by atomic mass is 16.5. The first-order chi connectivity index (χ1) is 11.2. The molecular formula is C19H22O4. The molecule has 0 fully saturated rings. The van der Waals surface area contributed by atoms with Gasteiger partial charge in [0.05, 0.1) is 27.4 Å². The number of hydrogen-bond acceptors (Lipinski definition) is 4. The summed E-state index contributed by atoms with van der Waals surface area (Å²) >= 11 is 0. The summed E-state index contributed by atoms with van der Waals surface area (Å²) in [4.78, 5) is 0. The van der Waals surface area contributed by atoms with Gasteiger partial charge in [-0.15, -0.1) is 0 Å². The van der Waals surface area contributed by atoms with E-state index in [4.69, 9.17) is 14.2 Å². The minimum Gasteiger partial charge on any atom is -0.497 e. The first kappa shape index (κ1) is 15.7. The Balaban J connectivity index is 2.06. The van der Waals surface area contributed by atoms with Gasteiger partial charge in [-0.25, -0.2) is 0 Å². The zero-order valence-electron chi connectivity index (χ0n) is 13.7. The van der Waals surface area contributed by atoms with Crippen LogP contribution in [-0.2, 0) is 6.42 Å². The van der Waals surface area contributed by atoms with E-state index in [0.717, 1.165) is 22.6 Å². The normalized spacial score (nSPS) is 19.8. The van der Waals surface area contributed by atoms with Crippen molar-refractivity contribution in [2.45, 2.75) is 24.9 Å². The van der Waals surface area contributed by atoms with Gasteiger partial charge in [-0.3, -0.25) is 0 Å². The van der Waals surface area contributed by atoms with Crippen LogP contribution < -0.4 is 14.2 Å². The number of benzene rings is 2. The van der Waals surface area contributed by atoms with E-state index in [2.05, 4.69) is 12.1 Å². The van der Waals surface area contributed by atoms with E-state index in [1.165, 1.54) is 5.56 Å². The predicted octanol–water partition coefficient (Wildman–Crippen LogP) is 3.15.